The second-order valence-corrected chi connectivity index (χ2v) is 7.89. The Morgan fingerprint density at radius 2 is 1.24 bits per heavy atom. The van der Waals surface area contributed by atoms with Gasteiger partial charge in [-0.25, -0.2) is 0 Å². The van der Waals surface area contributed by atoms with Crippen LogP contribution < -0.4 is 0 Å². The predicted molar refractivity (Wildman–Crippen MR) is 119 cm³/mol. The fourth-order valence-corrected chi connectivity index (χ4v) is 5.28. The molecule has 5 rings (SSSR count). The van der Waals surface area contributed by atoms with Crippen molar-refractivity contribution in [3.05, 3.63) is 112 Å². The lowest BCUT2D eigenvalue weighted by molar-refractivity contribution is 0.419. The maximum absolute atomic E-state index is 9.84. The van der Waals surface area contributed by atoms with Gasteiger partial charge >= 0.3 is 7.12 Å². The number of benzene rings is 3. The third kappa shape index (κ3) is 2.32. The van der Waals surface area contributed by atoms with Gasteiger partial charge in [-0.15, -0.1) is 0 Å². The van der Waals surface area contributed by atoms with Crippen molar-refractivity contribution in [3.63, 3.8) is 0 Å². The van der Waals surface area contributed by atoms with Crippen molar-refractivity contribution in [2.45, 2.75) is 25.7 Å². The van der Waals surface area contributed by atoms with E-state index >= 15 is 0 Å². The van der Waals surface area contributed by atoms with Gasteiger partial charge in [0, 0.05) is 0 Å². The maximum atomic E-state index is 9.84. The van der Waals surface area contributed by atoms with E-state index < -0.39 is 12.5 Å². The highest BCUT2D eigenvalue weighted by atomic mass is 16.4. The van der Waals surface area contributed by atoms with Gasteiger partial charge in [0.05, 0.1) is 5.41 Å². The summed E-state index contributed by atoms with van der Waals surface area (Å²) in [5.41, 5.74) is 10.1. The smallest absolute Gasteiger partial charge is 0.423 e. The minimum atomic E-state index is -1.46. The summed E-state index contributed by atoms with van der Waals surface area (Å²) in [5.74, 6) is 0. The molecule has 3 aromatic carbocycles. The van der Waals surface area contributed by atoms with Gasteiger partial charge in [0.15, 0.2) is 0 Å². The fourth-order valence-electron chi connectivity index (χ4n) is 5.28. The number of rotatable bonds is 3. The Morgan fingerprint density at radius 1 is 0.793 bits per heavy atom. The largest absolute Gasteiger partial charge is 0.483 e. The first-order valence-electron chi connectivity index (χ1n) is 10.2. The Morgan fingerprint density at radius 3 is 1.72 bits per heavy atom. The molecule has 2 N–H and O–H groups in total. The number of fused-ring (bicyclic) bond motifs is 7. The summed E-state index contributed by atoms with van der Waals surface area (Å²) >= 11 is 0. The van der Waals surface area contributed by atoms with Gasteiger partial charge in [-0.2, -0.15) is 0 Å². The van der Waals surface area contributed by atoms with Gasteiger partial charge in [-0.3, -0.25) is 0 Å². The average Bonchev–Trinajstić information content (AvgIpc) is 3.20. The topological polar surface area (TPSA) is 40.5 Å². The molecule has 0 unspecified atom stereocenters. The monoisotopic (exact) mass is 378 g/mol. The van der Waals surface area contributed by atoms with Crippen molar-refractivity contribution < 1.29 is 10.0 Å². The van der Waals surface area contributed by atoms with E-state index in [2.05, 4.69) is 79.7 Å². The van der Waals surface area contributed by atoms with E-state index in [4.69, 9.17) is 0 Å². The van der Waals surface area contributed by atoms with Gasteiger partial charge in [0.25, 0.3) is 0 Å². The highest BCUT2D eigenvalue weighted by Crippen LogP contribution is 2.62. The molecule has 29 heavy (non-hydrogen) atoms. The normalized spacial score (nSPS) is 16.1. The van der Waals surface area contributed by atoms with Crippen molar-refractivity contribution in [1.82, 2.24) is 0 Å². The predicted octanol–water partition coefficient (Wildman–Crippen LogP) is 5.14. The van der Waals surface area contributed by atoms with E-state index in [1.807, 2.05) is 6.08 Å². The molecule has 0 heterocycles. The molecule has 0 aliphatic heterocycles. The second-order valence-electron chi connectivity index (χ2n) is 7.89. The number of hydrogen-bond donors (Lipinski definition) is 2. The first-order valence-corrected chi connectivity index (χ1v) is 10.2. The van der Waals surface area contributed by atoms with E-state index in [0.717, 1.165) is 12.0 Å². The maximum Gasteiger partial charge on any atom is 0.483 e. The van der Waals surface area contributed by atoms with Gasteiger partial charge in [-0.1, -0.05) is 85.8 Å². The molecule has 0 bridgehead atoms. The van der Waals surface area contributed by atoms with E-state index in [1.54, 1.807) is 6.92 Å². The van der Waals surface area contributed by atoms with Gasteiger partial charge < -0.3 is 10.0 Å². The molecule has 0 saturated carbocycles. The molecular formula is C26H23BO2. The van der Waals surface area contributed by atoms with Crippen molar-refractivity contribution >= 4 is 12.7 Å². The third-order valence-corrected chi connectivity index (χ3v) is 6.47. The molecule has 0 atom stereocenters. The van der Waals surface area contributed by atoms with Crippen LogP contribution >= 0.6 is 0 Å². The van der Waals surface area contributed by atoms with Crippen LogP contribution in [-0.2, 0) is 5.41 Å². The zero-order valence-electron chi connectivity index (χ0n) is 16.7. The van der Waals surface area contributed by atoms with Crippen molar-refractivity contribution in [2.24, 2.45) is 0 Å². The quantitative estimate of drug-likeness (QED) is 0.620. The average molecular weight is 378 g/mol. The summed E-state index contributed by atoms with van der Waals surface area (Å²) in [6.07, 6.45) is 2.88. The fraction of sp³-hybridized carbons (Fsp3) is 0.154. The minimum absolute atomic E-state index is 0.425. The Hall–Kier alpha value is -2.88. The lowest BCUT2D eigenvalue weighted by atomic mass is 9.67. The van der Waals surface area contributed by atoms with Crippen molar-refractivity contribution in [3.8, 4) is 11.1 Å². The summed E-state index contributed by atoms with van der Waals surface area (Å²) < 4.78 is 0. The van der Waals surface area contributed by atoms with Crippen LogP contribution in [0.25, 0.3) is 16.7 Å². The van der Waals surface area contributed by atoms with Gasteiger partial charge in [0.2, 0.25) is 0 Å². The number of hydrogen-bond acceptors (Lipinski definition) is 2. The van der Waals surface area contributed by atoms with Crippen LogP contribution in [0.3, 0.4) is 0 Å². The van der Waals surface area contributed by atoms with E-state index in [-0.39, 0.29) is 0 Å². The van der Waals surface area contributed by atoms with Crippen LogP contribution in [0.5, 0.6) is 0 Å². The Bertz CT molecular complexity index is 1140. The third-order valence-electron chi connectivity index (χ3n) is 6.47. The summed E-state index contributed by atoms with van der Waals surface area (Å²) in [7, 11) is -1.46. The molecular weight excluding hydrogens is 355 g/mol. The molecule has 0 amide bonds. The second kappa shape index (κ2) is 6.58. The van der Waals surface area contributed by atoms with Crippen LogP contribution in [-0.4, -0.2) is 17.2 Å². The van der Waals surface area contributed by atoms with Crippen LogP contribution in [0.1, 0.15) is 42.5 Å². The van der Waals surface area contributed by atoms with E-state index in [0.29, 0.717) is 5.47 Å². The molecule has 2 nitrogen and oxygen atoms in total. The zero-order valence-corrected chi connectivity index (χ0v) is 16.7. The van der Waals surface area contributed by atoms with Crippen LogP contribution in [0.2, 0.25) is 0 Å². The molecule has 2 aliphatic rings. The Labute approximate surface area is 172 Å². The molecule has 3 heteroatoms. The first-order chi connectivity index (χ1) is 14.1. The van der Waals surface area contributed by atoms with E-state index in [1.165, 1.54) is 39.0 Å². The molecule has 1 spiro atoms. The minimum Gasteiger partial charge on any atom is -0.423 e. The lowest BCUT2D eigenvalue weighted by Gasteiger charge is -2.32. The van der Waals surface area contributed by atoms with Crippen LogP contribution in [0.15, 0.2) is 89.9 Å². The molecule has 0 radical (unpaired) electrons. The van der Waals surface area contributed by atoms with Crippen LogP contribution in [0.4, 0.5) is 0 Å². The van der Waals surface area contributed by atoms with Gasteiger partial charge in [-0.05, 0) is 63.3 Å². The molecule has 2 aliphatic carbocycles. The van der Waals surface area contributed by atoms with Crippen LogP contribution in [0, 0.1) is 0 Å². The molecule has 142 valence electrons. The Kier molecular flexibility index (Phi) is 4.13. The van der Waals surface area contributed by atoms with E-state index in [9.17, 15) is 10.0 Å². The highest BCUT2D eigenvalue weighted by molar-refractivity contribution is 6.50. The summed E-state index contributed by atoms with van der Waals surface area (Å²) in [6.45, 7) is 3.96. The standard InChI is InChI=1S/C26H23BO2/c1-3-18-19-10-4-7-13-22(19)26(25(18)16-17(2)27(28)29)23-14-8-5-11-20(23)21-12-6-9-15-24(21)26/h4-16,28-29H,3H2,1-2H3/b17-16+. The molecule has 0 aromatic heterocycles. The molecule has 0 fully saturated rings. The zero-order chi connectivity index (χ0) is 20.2. The molecule has 3 aromatic rings. The summed E-state index contributed by atoms with van der Waals surface area (Å²) in [6, 6.07) is 25.9. The summed E-state index contributed by atoms with van der Waals surface area (Å²) in [5, 5.41) is 19.7. The lowest BCUT2D eigenvalue weighted by Crippen LogP contribution is -2.27. The SMILES string of the molecule is CCC1=C(/C=C(\C)B(O)O)C2(c3ccccc31)c1ccccc1-c1ccccc12. The molecule has 0 saturated heterocycles. The van der Waals surface area contributed by atoms with Crippen molar-refractivity contribution in [2.75, 3.05) is 0 Å². The number of allylic oxidation sites excluding steroid dienone is 4. The highest BCUT2D eigenvalue weighted by Gasteiger charge is 2.51. The van der Waals surface area contributed by atoms with Crippen molar-refractivity contribution in [1.29, 1.82) is 0 Å². The first kappa shape index (κ1) is 18.2. The van der Waals surface area contributed by atoms with Gasteiger partial charge in [0.1, 0.15) is 0 Å². The Balaban J connectivity index is 1.97. The summed E-state index contributed by atoms with van der Waals surface area (Å²) in [4.78, 5) is 0.